The van der Waals surface area contributed by atoms with Crippen molar-refractivity contribution in [2.75, 3.05) is 0 Å². The van der Waals surface area contributed by atoms with Crippen LogP contribution in [0.4, 0.5) is 17.6 Å². The highest BCUT2D eigenvalue weighted by Gasteiger charge is 2.44. The fraction of sp³-hybridized carbons (Fsp3) is 0.235. The molecule has 0 saturated carbocycles. The third kappa shape index (κ3) is 4.31. The molecule has 0 amide bonds. The summed E-state index contributed by atoms with van der Waals surface area (Å²) in [5, 5.41) is 0. The van der Waals surface area contributed by atoms with Gasteiger partial charge in [-0.25, -0.2) is 9.18 Å². The first-order valence-electron chi connectivity index (χ1n) is 6.82. The lowest BCUT2D eigenvalue weighted by molar-refractivity contribution is -0.208. The summed E-state index contributed by atoms with van der Waals surface area (Å²) in [7, 11) is 0. The Labute approximate surface area is 130 Å². The predicted octanol–water partition coefficient (Wildman–Crippen LogP) is 4.85. The zero-order valence-electron chi connectivity index (χ0n) is 12.2. The summed E-state index contributed by atoms with van der Waals surface area (Å²) < 4.78 is 56.5. The van der Waals surface area contributed by atoms with Crippen molar-refractivity contribution in [2.24, 2.45) is 0 Å². The molecule has 2 aromatic rings. The van der Waals surface area contributed by atoms with Gasteiger partial charge in [-0.2, -0.15) is 13.2 Å². The van der Waals surface area contributed by atoms with E-state index in [0.29, 0.717) is 0 Å². The number of halogens is 4. The van der Waals surface area contributed by atoms with Crippen LogP contribution in [0.25, 0.3) is 0 Å². The number of carbonyl (C=O) groups excluding carboxylic acids is 1. The van der Waals surface area contributed by atoms with Gasteiger partial charge in [0.1, 0.15) is 0 Å². The summed E-state index contributed by atoms with van der Waals surface area (Å²) in [4.78, 5) is 11.1. The van der Waals surface area contributed by atoms with E-state index in [1.165, 1.54) is 36.4 Å². The second-order valence-electron chi connectivity index (χ2n) is 5.05. The molecule has 0 aliphatic heterocycles. The highest BCUT2D eigenvalue weighted by Crippen LogP contribution is 2.37. The number of hydrogen-bond donors (Lipinski definition) is 0. The molecule has 0 heterocycles. The van der Waals surface area contributed by atoms with Crippen LogP contribution in [0.2, 0.25) is 0 Å². The lowest BCUT2D eigenvalue weighted by atomic mass is 9.98. The Morgan fingerprint density at radius 1 is 0.957 bits per heavy atom. The zero-order valence-corrected chi connectivity index (χ0v) is 12.2. The molecule has 0 aromatic heterocycles. The van der Waals surface area contributed by atoms with Gasteiger partial charge < -0.3 is 4.74 Å². The van der Waals surface area contributed by atoms with Crippen LogP contribution in [0.3, 0.4) is 0 Å². The van der Waals surface area contributed by atoms with Crippen molar-refractivity contribution in [3.8, 4) is 0 Å². The molecule has 6 heteroatoms. The number of hydrogen-bond acceptors (Lipinski definition) is 2. The van der Waals surface area contributed by atoms with Crippen molar-refractivity contribution in [3.05, 3.63) is 71.3 Å². The molecule has 0 N–H and O–H groups in total. The molecule has 0 fully saturated rings. The second-order valence-corrected chi connectivity index (χ2v) is 5.05. The minimum absolute atomic E-state index is 0.138. The van der Waals surface area contributed by atoms with Crippen LogP contribution in [0, 0.1) is 6.92 Å². The lowest BCUT2D eigenvalue weighted by Crippen LogP contribution is -2.28. The van der Waals surface area contributed by atoms with Crippen molar-refractivity contribution in [1.82, 2.24) is 0 Å². The van der Waals surface area contributed by atoms with E-state index in [1.807, 2.05) is 0 Å². The van der Waals surface area contributed by atoms with Crippen LogP contribution in [-0.2, 0) is 9.53 Å². The van der Waals surface area contributed by atoms with E-state index in [9.17, 15) is 22.4 Å². The van der Waals surface area contributed by atoms with Crippen molar-refractivity contribution >= 4 is 5.97 Å². The number of rotatable bonds is 4. The Kier molecular flexibility index (Phi) is 5.03. The fourth-order valence-electron chi connectivity index (χ4n) is 2.05. The average Bonchev–Trinajstić information content (AvgIpc) is 2.52. The van der Waals surface area contributed by atoms with Gasteiger partial charge in [0.15, 0.2) is 12.3 Å². The monoisotopic (exact) mass is 326 g/mol. The third-order valence-electron chi connectivity index (χ3n) is 3.26. The maximum Gasteiger partial charge on any atom is 0.490 e. The Hall–Kier alpha value is -2.37. The molecule has 122 valence electrons. The molecule has 2 aromatic carbocycles. The van der Waals surface area contributed by atoms with Gasteiger partial charge in [-0.05, 0) is 18.1 Å². The molecule has 0 aliphatic rings. The topological polar surface area (TPSA) is 26.3 Å². The van der Waals surface area contributed by atoms with Crippen molar-refractivity contribution < 1.29 is 27.1 Å². The summed E-state index contributed by atoms with van der Waals surface area (Å²) in [5.74, 6) is -2.42. The molecule has 2 atom stereocenters. The van der Waals surface area contributed by atoms with Crippen LogP contribution in [-0.4, -0.2) is 12.1 Å². The molecule has 0 unspecified atom stereocenters. The van der Waals surface area contributed by atoms with E-state index >= 15 is 0 Å². The zero-order chi connectivity index (χ0) is 17.0. The number of esters is 1. The van der Waals surface area contributed by atoms with Gasteiger partial charge in [-0.1, -0.05) is 60.2 Å². The maximum absolute atomic E-state index is 14.7. The summed E-state index contributed by atoms with van der Waals surface area (Å²) in [6.07, 6.45) is -8.77. The number of alkyl halides is 4. The Bertz CT molecular complexity index is 651. The number of ether oxygens (including phenoxy) is 1. The summed E-state index contributed by atoms with van der Waals surface area (Å²) in [6.45, 7) is 1.80. The summed E-state index contributed by atoms with van der Waals surface area (Å²) >= 11 is 0. The molecular formula is C17H14F4O2. The molecule has 2 nitrogen and oxygen atoms in total. The number of aryl methyl sites for hydroxylation is 1. The van der Waals surface area contributed by atoms with Gasteiger partial charge in [-0.15, -0.1) is 0 Å². The van der Waals surface area contributed by atoms with E-state index in [2.05, 4.69) is 4.74 Å². The van der Waals surface area contributed by atoms with Crippen molar-refractivity contribution in [3.63, 3.8) is 0 Å². The van der Waals surface area contributed by atoms with Crippen molar-refractivity contribution in [2.45, 2.75) is 25.4 Å². The summed E-state index contributed by atoms with van der Waals surface area (Å²) in [6, 6.07) is 13.7. The Morgan fingerprint density at radius 2 is 1.52 bits per heavy atom. The maximum atomic E-state index is 14.7. The second kappa shape index (κ2) is 6.81. The van der Waals surface area contributed by atoms with Gasteiger partial charge in [0.2, 0.25) is 0 Å². The van der Waals surface area contributed by atoms with Crippen LogP contribution in [0.15, 0.2) is 54.6 Å². The first-order chi connectivity index (χ1) is 10.8. The van der Waals surface area contributed by atoms with Crippen LogP contribution < -0.4 is 0 Å². The minimum Gasteiger partial charge on any atom is -0.447 e. The summed E-state index contributed by atoms with van der Waals surface area (Å²) in [5.41, 5.74) is 1.17. The first-order valence-corrected chi connectivity index (χ1v) is 6.82. The van der Waals surface area contributed by atoms with Gasteiger partial charge in [0.05, 0.1) is 0 Å². The van der Waals surface area contributed by atoms with E-state index in [4.69, 9.17) is 0 Å². The first kappa shape index (κ1) is 17.0. The minimum atomic E-state index is -5.18. The van der Waals surface area contributed by atoms with Crippen LogP contribution in [0.1, 0.15) is 29.0 Å². The molecule has 0 radical (unpaired) electrons. The molecule has 23 heavy (non-hydrogen) atoms. The van der Waals surface area contributed by atoms with Gasteiger partial charge in [0, 0.05) is 0 Å². The Morgan fingerprint density at radius 3 is 2.04 bits per heavy atom. The molecule has 0 bridgehead atoms. The smallest absolute Gasteiger partial charge is 0.447 e. The SMILES string of the molecule is Cc1ccc([C@@H](F)[C@@H](OC(=O)C(F)(F)F)c2ccccc2)cc1. The number of carbonyl (C=O) groups is 1. The van der Waals surface area contributed by atoms with E-state index in [-0.39, 0.29) is 11.1 Å². The van der Waals surface area contributed by atoms with Crippen molar-refractivity contribution in [1.29, 1.82) is 0 Å². The highest BCUT2D eigenvalue weighted by molar-refractivity contribution is 5.76. The quantitative estimate of drug-likeness (QED) is 0.593. The molecule has 0 spiro atoms. The van der Waals surface area contributed by atoms with E-state index in [0.717, 1.165) is 5.56 Å². The van der Waals surface area contributed by atoms with Gasteiger partial charge in [0.25, 0.3) is 0 Å². The molecule has 0 saturated heterocycles. The van der Waals surface area contributed by atoms with Crippen LogP contribution >= 0.6 is 0 Å². The molecule has 0 aliphatic carbocycles. The normalized spacial score (nSPS) is 14.1. The number of benzene rings is 2. The Balaban J connectivity index is 2.33. The standard InChI is InChI=1S/C17H14F4O2/c1-11-7-9-12(10-8-11)14(18)15(13-5-3-2-4-6-13)23-16(22)17(19,20)21/h2-10,14-15H,1H3/t14-,15+/m1/s1. The highest BCUT2D eigenvalue weighted by atomic mass is 19.4. The lowest BCUT2D eigenvalue weighted by Gasteiger charge is -2.23. The van der Waals surface area contributed by atoms with Gasteiger partial charge >= 0.3 is 12.1 Å². The van der Waals surface area contributed by atoms with Gasteiger partial charge in [-0.3, -0.25) is 0 Å². The third-order valence-corrected chi connectivity index (χ3v) is 3.26. The fourth-order valence-corrected chi connectivity index (χ4v) is 2.05. The van der Waals surface area contributed by atoms with E-state index < -0.39 is 24.4 Å². The molecular weight excluding hydrogens is 312 g/mol. The average molecular weight is 326 g/mol. The molecule has 2 rings (SSSR count). The van der Waals surface area contributed by atoms with Crippen LogP contribution in [0.5, 0.6) is 0 Å². The largest absolute Gasteiger partial charge is 0.490 e. The predicted molar refractivity (Wildman–Crippen MR) is 76.4 cm³/mol. The van der Waals surface area contributed by atoms with E-state index in [1.54, 1.807) is 25.1 Å².